The largest absolute Gasteiger partial charge is 0.497 e. The van der Waals surface area contributed by atoms with Gasteiger partial charge in [-0.1, -0.05) is 44.2 Å². The number of aromatic nitrogens is 1. The van der Waals surface area contributed by atoms with E-state index in [2.05, 4.69) is 10.3 Å². The zero-order valence-electron chi connectivity index (χ0n) is 22.8. The van der Waals surface area contributed by atoms with Gasteiger partial charge in [0.25, 0.3) is 5.91 Å². The number of nitrogens with one attached hydrogen (secondary N) is 1. The Morgan fingerprint density at radius 2 is 1.95 bits per heavy atom. The standard InChI is InChI=1S/C30H34N4O4S/c1-18(2)26(34-16-22-11-12-23(38-4)14-24(22)29(34)36)30(37)33-13-5-6-25(33)28(35)31-15-20-7-9-21(10-8-20)27-19(3)32-17-39-27/h7-12,14,17-18,25-26H,5-6,13,15-16H2,1-4H3,(H,31,35)/t25-,26?/m0/s1. The van der Waals surface area contributed by atoms with Crippen molar-refractivity contribution in [1.82, 2.24) is 20.1 Å². The predicted molar refractivity (Wildman–Crippen MR) is 150 cm³/mol. The maximum absolute atomic E-state index is 13.9. The molecule has 3 amide bonds. The van der Waals surface area contributed by atoms with E-state index in [-0.39, 0.29) is 23.6 Å². The first-order valence-corrected chi connectivity index (χ1v) is 14.2. The molecule has 2 aliphatic heterocycles. The molecule has 0 spiro atoms. The third-order valence-electron chi connectivity index (χ3n) is 7.64. The van der Waals surface area contributed by atoms with Gasteiger partial charge in [-0.2, -0.15) is 0 Å². The maximum atomic E-state index is 13.9. The van der Waals surface area contributed by atoms with Crippen LogP contribution in [0.15, 0.2) is 48.0 Å². The number of amides is 3. The molecule has 9 heteroatoms. The molecule has 0 aliphatic carbocycles. The highest BCUT2D eigenvalue weighted by Crippen LogP contribution is 2.32. The van der Waals surface area contributed by atoms with Gasteiger partial charge in [-0.25, -0.2) is 4.98 Å². The molecule has 8 nitrogen and oxygen atoms in total. The van der Waals surface area contributed by atoms with Crippen LogP contribution in [-0.2, 0) is 22.7 Å². The molecule has 2 aliphatic rings. The molecule has 0 saturated carbocycles. The van der Waals surface area contributed by atoms with Crippen LogP contribution in [0, 0.1) is 12.8 Å². The molecule has 1 saturated heterocycles. The van der Waals surface area contributed by atoms with E-state index in [1.54, 1.807) is 34.3 Å². The summed E-state index contributed by atoms with van der Waals surface area (Å²) in [5.41, 5.74) is 6.39. The summed E-state index contributed by atoms with van der Waals surface area (Å²) in [6.45, 7) is 7.15. The zero-order chi connectivity index (χ0) is 27.7. The first-order valence-electron chi connectivity index (χ1n) is 13.3. The number of thiazole rings is 1. The van der Waals surface area contributed by atoms with E-state index >= 15 is 0 Å². The van der Waals surface area contributed by atoms with Gasteiger partial charge in [0, 0.05) is 25.2 Å². The summed E-state index contributed by atoms with van der Waals surface area (Å²) in [7, 11) is 1.57. The SMILES string of the molecule is COc1ccc2c(c1)C(=O)N(C(C(=O)N1CCC[C@H]1C(=O)NCc1ccc(-c3scnc3C)cc1)C(C)C)C2. The Hall–Kier alpha value is -3.72. The Kier molecular flexibility index (Phi) is 7.70. The number of rotatable bonds is 8. The lowest BCUT2D eigenvalue weighted by atomic mass is 10.0. The highest BCUT2D eigenvalue weighted by molar-refractivity contribution is 7.13. The number of benzene rings is 2. The number of carbonyl (C=O) groups excluding carboxylic acids is 3. The van der Waals surface area contributed by atoms with Crippen molar-refractivity contribution in [3.05, 3.63) is 70.4 Å². The number of methoxy groups -OCH3 is 1. The minimum Gasteiger partial charge on any atom is -0.497 e. The van der Waals surface area contributed by atoms with Gasteiger partial charge in [-0.3, -0.25) is 14.4 Å². The van der Waals surface area contributed by atoms with Gasteiger partial charge in [0.1, 0.15) is 17.8 Å². The number of nitrogens with zero attached hydrogens (tertiary/aromatic N) is 3. The predicted octanol–water partition coefficient (Wildman–Crippen LogP) is 4.41. The number of carbonyl (C=O) groups is 3. The lowest BCUT2D eigenvalue weighted by molar-refractivity contribution is -0.143. The number of likely N-dealkylation sites (tertiary alicyclic amines) is 1. The minimum absolute atomic E-state index is 0.109. The van der Waals surface area contributed by atoms with Crippen LogP contribution in [-0.4, -0.2) is 58.2 Å². The van der Waals surface area contributed by atoms with E-state index in [4.69, 9.17) is 4.74 Å². The summed E-state index contributed by atoms with van der Waals surface area (Å²) >= 11 is 1.61. The molecule has 0 bridgehead atoms. The number of hydrogen-bond acceptors (Lipinski definition) is 6. The van der Waals surface area contributed by atoms with Crippen LogP contribution < -0.4 is 10.1 Å². The molecular weight excluding hydrogens is 512 g/mol. The number of aryl methyl sites for hydroxylation is 1. The Balaban J connectivity index is 1.25. The van der Waals surface area contributed by atoms with Crippen LogP contribution in [0.4, 0.5) is 0 Å². The zero-order valence-corrected chi connectivity index (χ0v) is 23.6. The van der Waals surface area contributed by atoms with Gasteiger partial charge < -0.3 is 19.9 Å². The summed E-state index contributed by atoms with van der Waals surface area (Å²) in [6.07, 6.45) is 1.36. The van der Waals surface area contributed by atoms with E-state index in [1.807, 2.05) is 62.7 Å². The fourth-order valence-corrected chi connectivity index (χ4v) is 6.38. The average Bonchev–Trinajstić information content (AvgIpc) is 3.67. The smallest absolute Gasteiger partial charge is 0.255 e. The summed E-state index contributed by atoms with van der Waals surface area (Å²) in [5, 5.41) is 3.03. The lowest BCUT2D eigenvalue weighted by Crippen LogP contribution is -2.55. The van der Waals surface area contributed by atoms with Gasteiger partial charge in [0.05, 0.1) is 23.2 Å². The van der Waals surface area contributed by atoms with Gasteiger partial charge >= 0.3 is 0 Å². The molecule has 1 N–H and O–H groups in total. The van der Waals surface area contributed by atoms with Crippen LogP contribution >= 0.6 is 11.3 Å². The Bertz CT molecular complexity index is 1380. The third-order valence-corrected chi connectivity index (χ3v) is 8.61. The number of hydrogen-bond donors (Lipinski definition) is 1. The normalized spacial score (nSPS) is 17.5. The second-order valence-corrected chi connectivity index (χ2v) is 11.4. The average molecular weight is 547 g/mol. The van der Waals surface area contributed by atoms with Crippen molar-refractivity contribution in [2.45, 2.75) is 58.8 Å². The second kappa shape index (κ2) is 11.2. The van der Waals surface area contributed by atoms with Gasteiger partial charge in [0.15, 0.2) is 0 Å². The van der Waals surface area contributed by atoms with Crippen LogP contribution in [0.25, 0.3) is 10.4 Å². The van der Waals surface area contributed by atoms with Crippen molar-refractivity contribution in [3.63, 3.8) is 0 Å². The Morgan fingerprint density at radius 1 is 1.18 bits per heavy atom. The molecule has 1 unspecified atom stereocenters. The first-order chi connectivity index (χ1) is 18.8. The van der Waals surface area contributed by atoms with Gasteiger partial charge in [0.2, 0.25) is 11.8 Å². The first kappa shape index (κ1) is 26.9. The molecule has 5 rings (SSSR count). The molecule has 1 aromatic heterocycles. The van der Waals surface area contributed by atoms with Crippen molar-refractivity contribution in [2.24, 2.45) is 5.92 Å². The van der Waals surface area contributed by atoms with Crippen LogP contribution in [0.5, 0.6) is 5.75 Å². The molecule has 39 heavy (non-hydrogen) atoms. The Labute approximate surface area is 233 Å². The quantitative estimate of drug-likeness (QED) is 0.452. The molecule has 3 heterocycles. The van der Waals surface area contributed by atoms with Crippen molar-refractivity contribution in [1.29, 1.82) is 0 Å². The molecule has 3 aromatic rings. The van der Waals surface area contributed by atoms with Crippen LogP contribution in [0.1, 0.15) is 53.9 Å². The topological polar surface area (TPSA) is 91.8 Å². The van der Waals surface area contributed by atoms with E-state index in [0.29, 0.717) is 37.4 Å². The molecule has 2 atom stereocenters. The molecule has 1 fully saturated rings. The number of fused-ring (bicyclic) bond motifs is 1. The third kappa shape index (κ3) is 5.28. The van der Waals surface area contributed by atoms with Crippen LogP contribution in [0.3, 0.4) is 0 Å². The van der Waals surface area contributed by atoms with Crippen molar-refractivity contribution in [2.75, 3.05) is 13.7 Å². The molecule has 204 valence electrons. The maximum Gasteiger partial charge on any atom is 0.255 e. The monoisotopic (exact) mass is 546 g/mol. The van der Waals surface area contributed by atoms with E-state index in [0.717, 1.165) is 33.7 Å². The minimum atomic E-state index is -0.646. The highest BCUT2D eigenvalue weighted by atomic mass is 32.1. The van der Waals surface area contributed by atoms with Crippen LogP contribution in [0.2, 0.25) is 0 Å². The lowest BCUT2D eigenvalue weighted by Gasteiger charge is -2.35. The summed E-state index contributed by atoms with van der Waals surface area (Å²) in [5.74, 6) is 0.00303. The second-order valence-electron chi connectivity index (χ2n) is 10.5. The van der Waals surface area contributed by atoms with Crippen molar-refractivity contribution >= 4 is 29.1 Å². The van der Waals surface area contributed by atoms with Gasteiger partial charge in [-0.05, 0) is 54.5 Å². The number of ether oxygens (including phenoxy) is 1. The van der Waals surface area contributed by atoms with Crippen molar-refractivity contribution < 1.29 is 19.1 Å². The fourth-order valence-electron chi connectivity index (χ4n) is 5.57. The van der Waals surface area contributed by atoms with E-state index < -0.39 is 12.1 Å². The molecule has 0 radical (unpaired) electrons. The summed E-state index contributed by atoms with van der Waals surface area (Å²) < 4.78 is 5.29. The Morgan fingerprint density at radius 3 is 2.62 bits per heavy atom. The molecular formula is C30H34N4O4S. The van der Waals surface area contributed by atoms with Crippen molar-refractivity contribution in [3.8, 4) is 16.2 Å². The fraction of sp³-hybridized carbons (Fsp3) is 0.400. The molecule has 2 aromatic carbocycles. The van der Waals surface area contributed by atoms with E-state index in [1.165, 1.54) is 0 Å². The highest BCUT2D eigenvalue weighted by Gasteiger charge is 2.43. The van der Waals surface area contributed by atoms with Gasteiger partial charge in [-0.15, -0.1) is 11.3 Å². The van der Waals surface area contributed by atoms with E-state index in [9.17, 15) is 14.4 Å². The summed E-state index contributed by atoms with van der Waals surface area (Å²) in [6, 6.07) is 12.4. The summed E-state index contributed by atoms with van der Waals surface area (Å²) in [4.78, 5) is 49.3.